The highest BCUT2D eigenvalue weighted by Crippen LogP contribution is 2.19. The van der Waals surface area contributed by atoms with Crippen molar-refractivity contribution in [3.63, 3.8) is 0 Å². The smallest absolute Gasteiger partial charge is 0.251 e. The van der Waals surface area contributed by atoms with Crippen LogP contribution in [0, 0.1) is 0 Å². The van der Waals surface area contributed by atoms with Crippen LogP contribution in [0.2, 0.25) is 0 Å². The molecule has 3 rings (SSSR count). The van der Waals surface area contributed by atoms with Gasteiger partial charge >= 0.3 is 0 Å². The average Bonchev–Trinajstić information content (AvgIpc) is 3.49. The van der Waals surface area contributed by atoms with Gasteiger partial charge in [0.2, 0.25) is 11.8 Å². The molecule has 138 valence electrons. The molecule has 1 fully saturated rings. The van der Waals surface area contributed by atoms with E-state index in [9.17, 15) is 14.4 Å². The minimum Gasteiger partial charge on any atom is -0.368 e. The Morgan fingerprint density at radius 3 is 2.26 bits per heavy atom. The van der Waals surface area contributed by atoms with Gasteiger partial charge in [-0.2, -0.15) is 0 Å². The summed E-state index contributed by atoms with van der Waals surface area (Å²) in [4.78, 5) is 35.7. The molecule has 0 heterocycles. The monoisotopic (exact) mass is 363 g/mol. The predicted octanol–water partition coefficient (Wildman–Crippen LogP) is 1.93. The van der Waals surface area contributed by atoms with Crippen molar-refractivity contribution in [2.45, 2.75) is 24.9 Å². The number of hydrogen-bond acceptors (Lipinski definition) is 3. The average molecular weight is 363 g/mol. The number of nitrogens with one attached hydrogen (secondary N) is 2. The zero-order chi connectivity index (χ0) is 19.2. The van der Waals surface area contributed by atoms with Gasteiger partial charge in [0.25, 0.3) is 5.91 Å². The molecule has 4 N–H and O–H groups in total. The summed E-state index contributed by atoms with van der Waals surface area (Å²) in [6, 6.07) is 15.2. The van der Waals surface area contributed by atoms with Crippen LogP contribution in [0.3, 0.4) is 0 Å². The highest BCUT2D eigenvalue weighted by atomic mass is 16.2. The summed E-state index contributed by atoms with van der Waals surface area (Å²) in [5, 5.41) is 5.52. The van der Waals surface area contributed by atoms with E-state index in [1.54, 1.807) is 54.6 Å². The van der Waals surface area contributed by atoms with Crippen molar-refractivity contribution in [3.05, 3.63) is 77.4 Å². The second-order valence-corrected chi connectivity index (χ2v) is 6.46. The highest BCUT2D eigenvalue weighted by molar-refractivity contribution is 5.96. The van der Waals surface area contributed by atoms with Gasteiger partial charge in [-0.15, -0.1) is 0 Å². The number of benzene rings is 2. The van der Waals surface area contributed by atoms with Gasteiger partial charge in [-0.1, -0.05) is 42.5 Å². The molecule has 6 heteroatoms. The third-order valence-electron chi connectivity index (χ3n) is 4.22. The molecule has 0 bridgehead atoms. The van der Waals surface area contributed by atoms with Crippen molar-refractivity contribution >= 4 is 23.8 Å². The summed E-state index contributed by atoms with van der Waals surface area (Å²) in [6.07, 6.45) is 5.02. The normalized spacial score (nSPS) is 14.5. The van der Waals surface area contributed by atoms with Crippen molar-refractivity contribution in [3.8, 4) is 0 Å². The molecule has 0 aromatic heterocycles. The fourth-order valence-electron chi connectivity index (χ4n) is 2.57. The fraction of sp³-hybridized carbons (Fsp3) is 0.190. The zero-order valence-corrected chi connectivity index (χ0v) is 14.7. The summed E-state index contributed by atoms with van der Waals surface area (Å²) in [7, 11) is 0. The number of primary amides is 1. The lowest BCUT2D eigenvalue weighted by atomic mass is 10.1. The molecule has 1 aliphatic rings. The van der Waals surface area contributed by atoms with E-state index >= 15 is 0 Å². The lowest BCUT2D eigenvalue weighted by Gasteiger charge is -2.14. The molecule has 0 saturated heterocycles. The van der Waals surface area contributed by atoms with Crippen molar-refractivity contribution < 1.29 is 14.4 Å². The van der Waals surface area contributed by atoms with Gasteiger partial charge in [-0.3, -0.25) is 14.4 Å². The molecule has 0 aliphatic heterocycles. The number of hydrogen-bond donors (Lipinski definition) is 3. The van der Waals surface area contributed by atoms with E-state index in [0.29, 0.717) is 17.2 Å². The summed E-state index contributed by atoms with van der Waals surface area (Å²) in [5.74, 6) is -1.15. The number of nitrogens with two attached hydrogens (primary N) is 1. The predicted molar refractivity (Wildman–Crippen MR) is 102 cm³/mol. The zero-order valence-electron chi connectivity index (χ0n) is 14.7. The number of amides is 3. The van der Waals surface area contributed by atoms with Gasteiger partial charge in [0, 0.05) is 17.7 Å². The summed E-state index contributed by atoms with van der Waals surface area (Å²) in [5.41, 5.74) is 7.37. The first-order valence-corrected chi connectivity index (χ1v) is 8.76. The van der Waals surface area contributed by atoms with Crippen LogP contribution in [0.5, 0.6) is 0 Å². The SMILES string of the molecule is NC(=O)C(NC(=O)/C=C/c1ccc(C(=O)NC2CC2)cc1)c1ccccc1. The molecule has 3 amide bonds. The Balaban J connectivity index is 1.60. The second kappa shape index (κ2) is 8.31. The number of rotatable bonds is 7. The Morgan fingerprint density at radius 1 is 1.00 bits per heavy atom. The van der Waals surface area contributed by atoms with Crippen LogP contribution in [0.15, 0.2) is 60.7 Å². The van der Waals surface area contributed by atoms with E-state index in [4.69, 9.17) is 5.73 Å². The topological polar surface area (TPSA) is 101 Å². The number of carbonyl (C=O) groups is 3. The summed E-state index contributed by atoms with van der Waals surface area (Å²) in [6.45, 7) is 0. The van der Waals surface area contributed by atoms with Crippen molar-refractivity contribution in [1.29, 1.82) is 0 Å². The first-order chi connectivity index (χ1) is 13.0. The summed E-state index contributed by atoms with van der Waals surface area (Å²) >= 11 is 0. The molecule has 1 aliphatic carbocycles. The first kappa shape index (κ1) is 18.4. The molecule has 2 aromatic rings. The lowest BCUT2D eigenvalue weighted by Crippen LogP contribution is -2.36. The molecular formula is C21H21N3O3. The van der Waals surface area contributed by atoms with Gasteiger partial charge in [0.1, 0.15) is 6.04 Å². The Morgan fingerprint density at radius 2 is 1.67 bits per heavy atom. The van der Waals surface area contributed by atoms with E-state index in [0.717, 1.165) is 18.4 Å². The number of carbonyl (C=O) groups excluding carboxylic acids is 3. The van der Waals surface area contributed by atoms with Crippen molar-refractivity contribution in [1.82, 2.24) is 10.6 Å². The van der Waals surface area contributed by atoms with E-state index in [1.165, 1.54) is 6.08 Å². The van der Waals surface area contributed by atoms with Gasteiger partial charge in [-0.25, -0.2) is 0 Å². The van der Waals surface area contributed by atoms with Crippen LogP contribution < -0.4 is 16.4 Å². The van der Waals surface area contributed by atoms with Crippen LogP contribution in [-0.2, 0) is 9.59 Å². The molecule has 2 aromatic carbocycles. The Hall–Kier alpha value is -3.41. The van der Waals surface area contributed by atoms with Crippen LogP contribution in [0.25, 0.3) is 6.08 Å². The third kappa shape index (κ3) is 5.28. The quantitative estimate of drug-likeness (QED) is 0.655. The maximum absolute atomic E-state index is 12.1. The molecule has 0 radical (unpaired) electrons. The Labute approximate surface area is 157 Å². The van der Waals surface area contributed by atoms with Crippen molar-refractivity contribution in [2.24, 2.45) is 5.73 Å². The third-order valence-corrected chi connectivity index (χ3v) is 4.22. The van der Waals surface area contributed by atoms with E-state index in [2.05, 4.69) is 10.6 Å². The molecule has 1 saturated carbocycles. The standard InChI is InChI=1S/C21H21N3O3/c22-20(26)19(15-4-2-1-3-5-15)24-18(25)13-8-14-6-9-16(10-7-14)21(27)23-17-11-12-17/h1-10,13,17,19H,11-12H2,(H2,22,26)(H,23,27)(H,24,25)/b13-8+. The largest absolute Gasteiger partial charge is 0.368 e. The van der Waals surface area contributed by atoms with Crippen LogP contribution in [0.1, 0.15) is 40.4 Å². The van der Waals surface area contributed by atoms with E-state index in [1.807, 2.05) is 6.07 Å². The Bertz CT molecular complexity index is 856. The fourth-order valence-corrected chi connectivity index (χ4v) is 2.57. The molecular weight excluding hydrogens is 342 g/mol. The molecule has 1 atom stereocenters. The van der Waals surface area contributed by atoms with Gasteiger partial charge < -0.3 is 16.4 Å². The second-order valence-electron chi connectivity index (χ2n) is 6.46. The molecule has 6 nitrogen and oxygen atoms in total. The lowest BCUT2D eigenvalue weighted by molar-refractivity contribution is -0.125. The van der Waals surface area contributed by atoms with Crippen molar-refractivity contribution in [2.75, 3.05) is 0 Å². The molecule has 27 heavy (non-hydrogen) atoms. The summed E-state index contributed by atoms with van der Waals surface area (Å²) < 4.78 is 0. The van der Waals surface area contributed by atoms with Crippen LogP contribution in [-0.4, -0.2) is 23.8 Å². The van der Waals surface area contributed by atoms with Gasteiger partial charge in [-0.05, 0) is 42.2 Å². The minimum atomic E-state index is -0.892. The highest BCUT2D eigenvalue weighted by Gasteiger charge is 2.23. The molecule has 0 spiro atoms. The maximum atomic E-state index is 12.1. The maximum Gasteiger partial charge on any atom is 0.251 e. The molecule has 1 unspecified atom stereocenters. The van der Waals surface area contributed by atoms with E-state index < -0.39 is 17.9 Å². The van der Waals surface area contributed by atoms with Gasteiger partial charge in [0.15, 0.2) is 0 Å². The van der Waals surface area contributed by atoms with E-state index in [-0.39, 0.29) is 5.91 Å². The van der Waals surface area contributed by atoms with Crippen LogP contribution in [0.4, 0.5) is 0 Å². The van der Waals surface area contributed by atoms with Gasteiger partial charge in [0.05, 0.1) is 0 Å². The first-order valence-electron chi connectivity index (χ1n) is 8.76. The Kier molecular flexibility index (Phi) is 5.66. The minimum absolute atomic E-state index is 0.0852. The van der Waals surface area contributed by atoms with Crippen LogP contribution >= 0.6 is 0 Å².